The summed E-state index contributed by atoms with van der Waals surface area (Å²) < 4.78 is 35.6. The van der Waals surface area contributed by atoms with Crippen LogP contribution in [0.1, 0.15) is 29.3 Å². The Bertz CT molecular complexity index is 1280. The molecule has 0 aliphatic carbocycles. The Morgan fingerprint density at radius 3 is 2.29 bits per heavy atom. The summed E-state index contributed by atoms with van der Waals surface area (Å²) in [4.78, 5) is 12.0. The number of hydrogen-bond acceptors (Lipinski definition) is 4. The van der Waals surface area contributed by atoms with Crippen LogP contribution in [-0.2, 0) is 38.9 Å². The summed E-state index contributed by atoms with van der Waals surface area (Å²) in [5.74, 6) is -0.917. The van der Waals surface area contributed by atoms with Crippen LogP contribution in [0.5, 0.6) is 0 Å². The van der Waals surface area contributed by atoms with E-state index in [4.69, 9.17) is 4.74 Å². The second-order valence-corrected chi connectivity index (χ2v) is 10.3. The van der Waals surface area contributed by atoms with Crippen molar-refractivity contribution in [3.8, 4) is 11.3 Å². The van der Waals surface area contributed by atoms with Crippen molar-refractivity contribution in [2.75, 3.05) is 26.3 Å². The predicted octanol–water partition coefficient (Wildman–Crippen LogP) is 3.72. The Kier molecular flexibility index (Phi) is 7.21. The van der Waals surface area contributed by atoms with Crippen molar-refractivity contribution in [3.63, 3.8) is 0 Å². The van der Waals surface area contributed by atoms with E-state index in [1.54, 1.807) is 12.1 Å². The summed E-state index contributed by atoms with van der Waals surface area (Å²) >= 11 is 0. The van der Waals surface area contributed by atoms with E-state index in [0.29, 0.717) is 49.6 Å². The van der Waals surface area contributed by atoms with E-state index in [0.717, 1.165) is 28.1 Å². The van der Waals surface area contributed by atoms with Gasteiger partial charge < -0.3 is 14.4 Å². The van der Waals surface area contributed by atoms with Crippen LogP contribution in [0.3, 0.4) is 0 Å². The predicted molar refractivity (Wildman–Crippen MR) is 130 cm³/mol. The molecular weight excluding hydrogens is 452 g/mol. The lowest BCUT2D eigenvalue weighted by molar-refractivity contribution is -0.137. The van der Waals surface area contributed by atoms with E-state index in [-0.39, 0.29) is 6.54 Å². The number of ether oxygens (including phenoxy) is 1. The molecule has 0 saturated carbocycles. The third-order valence-corrected chi connectivity index (χ3v) is 8.38. The second kappa shape index (κ2) is 10.1. The van der Waals surface area contributed by atoms with E-state index >= 15 is 0 Å². The van der Waals surface area contributed by atoms with Gasteiger partial charge in [-0.1, -0.05) is 55.5 Å². The number of carboxylic acid groups (broad SMARTS) is 1. The van der Waals surface area contributed by atoms with E-state index in [1.807, 2.05) is 60.9 Å². The minimum atomic E-state index is -3.67. The van der Waals surface area contributed by atoms with Gasteiger partial charge in [0.05, 0.1) is 23.8 Å². The molecule has 34 heavy (non-hydrogen) atoms. The largest absolute Gasteiger partial charge is 0.480 e. The number of rotatable bonds is 8. The summed E-state index contributed by atoms with van der Waals surface area (Å²) in [7, 11) is -3.67. The van der Waals surface area contributed by atoms with Gasteiger partial charge in [-0.3, -0.25) is 4.79 Å². The molecule has 0 unspecified atom stereocenters. The van der Waals surface area contributed by atoms with Gasteiger partial charge >= 0.3 is 5.97 Å². The Morgan fingerprint density at radius 2 is 1.65 bits per heavy atom. The molecule has 1 aliphatic rings. The highest BCUT2D eigenvalue weighted by molar-refractivity contribution is 7.89. The summed E-state index contributed by atoms with van der Waals surface area (Å²) in [6, 6.07) is 16.9. The fraction of sp³-hybridized carbons (Fsp3) is 0.346. The van der Waals surface area contributed by atoms with Crippen molar-refractivity contribution >= 4 is 16.0 Å². The molecule has 0 amide bonds. The maximum absolute atomic E-state index is 13.5. The third kappa shape index (κ3) is 4.66. The van der Waals surface area contributed by atoms with E-state index < -0.39 is 16.0 Å². The lowest BCUT2D eigenvalue weighted by Gasteiger charge is -2.27. The highest BCUT2D eigenvalue weighted by Gasteiger charge is 2.29. The average molecular weight is 483 g/mol. The van der Waals surface area contributed by atoms with Crippen LogP contribution in [0.2, 0.25) is 0 Å². The van der Waals surface area contributed by atoms with E-state index in [2.05, 4.69) is 0 Å². The fourth-order valence-corrected chi connectivity index (χ4v) is 6.38. The molecule has 3 aromatic rings. The third-order valence-electron chi connectivity index (χ3n) is 6.38. The van der Waals surface area contributed by atoms with Gasteiger partial charge in [0, 0.05) is 25.2 Å². The topological polar surface area (TPSA) is 88.8 Å². The summed E-state index contributed by atoms with van der Waals surface area (Å²) in [5.41, 5.74) is 5.40. The molecule has 8 heteroatoms. The number of benzene rings is 2. The first-order chi connectivity index (χ1) is 16.3. The summed E-state index contributed by atoms with van der Waals surface area (Å²) in [5, 5.41) is 9.60. The number of aromatic nitrogens is 1. The summed E-state index contributed by atoms with van der Waals surface area (Å²) in [6.07, 6.45) is 1.10. The van der Waals surface area contributed by atoms with Crippen molar-refractivity contribution < 1.29 is 23.1 Å². The Morgan fingerprint density at radius 1 is 1.00 bits per heavy atom. The zero-order valence-corrected chi connectivity index (χ0v) is 20.3. The van der Waals surface area contributed by atoms with Gasteiger partial charge in [0.2, 0.25) is 10.0 Å². The first kappa shape index (κ1) is 24.2. The molecule has 7 nitrogen and oxygen atoms in total. The Balaban J connectivity index is 1.83. The smallest absolute Gasteiger partial charge is 0.323 e. The van der Waals surface area contributed by atoms with Gasteiger partial charge in [0.15, 0.2) is 0 Å². The van der Waals surface area contributed by atoms with Crippen LogP contribution in [0.25, 0.3) is 11.3 Å². The number of sulfonamides is 1. The zero-order valence-electron chi connectivity index (χ0n) is 19.5. The lowest BCUT2D eigenvalue weighted by Crippen LogP contribution is -2.40. The second-order valence-electron chi connectivity index (χ2n) is 8.39. The number of aliphatic carboxylic acids is 1. The quantitative estimate of drug-likeness (QED) is 0.529. The molecule has 1 aliphatic heterocycles. The van der Waals surface area contributed by atoms with Gasteiger partial charge in [-0.25, -0.2) is 8.42 Å². The Hall–Kier alpha value is -2.94. The number of carbonyl (C=O) groups is 1. The van der Waals surface area contributed by atoms with Gasteiger partial charge in [0.25, 0.3) is 0 Å². The molecule has 1 saturated heterocycles. The van der Waals surface area contributed by atoms with Crippen molar-refractivity contribution in [1.29, 1.82) is 0 Å². The molecule has 4 rings (SSSR count). The minimum Gasteiger partial charge on any atom is -0.480 e. The van der Waals surface area contributed by atoms with Crippen LogP contribution in [0.15, 0.2) is 59.5 Å². The van der Waals surface area contributed by atoms with Crippen LogP contribution in [0, 0.1) is 6.92 Å². The number of morpholine rings is 1. The fourth-order valence-electron chi connectivity index (χ4n) is 4.75. The van der Waals surface area contributed by atoms with Crippen LogP contribution in [-0.4, -0.2) is 54.7 Å². The average Bonchev–Trinajstić information content (AvgIpc) is 3.10. The lowest BCUT2D eigenvalue weighted by atomic mass is 9.97. The highest BCUT2D eigenvalue weighted by atomic mass is 32.2. The highest BCUT2D eigenvalue weighted by Crippen LogP contribution is 2.35. The van der Waals surface area contributed by atoms with Gasteiger partial charge in [0.1, 0.15) is 6.54 Å². The molecule has 1 fully saturated rings. The molecule has 180 valence electrons. The molecule has 1 aromatic heterocycles. The number of nitrogens with zero attached hydrogens (tertiary/aromatic N) is 2. The Labute approximate surface area is 200 Å². The molecule has 2 heterocycles. The molecular formula is C26H30N2O5S. The SMILES string of the molecule is CCc1c(Cc2ccccc2S(=O)(=O)N2CCOCC2)c(C)n(CC(=O)O)c1-c1ccccc1. The number of carboxylic acids is 1. The maximum Gasteiger partial charge on any atom is 0.323 e. The summed E-state index contributed by atoms with van der Waals surface area (Å²) in [6.45, 7) is 5.26. The normalized spacial score (nSPS) is 14.9. The molecule has 0 atom stereocenters. The van der Waals surface area contributed by atoms with Crippen LogP contribution in [0.4, 0.5) is 0 Å². The first-order valence-corrected chi connectivity index (χ1v) is 12.9. The molecule has 1 N–H and O–H groups in total. The molecule has 0 bridgehead atoms. The van der Waals surface area contributed by atoms with Crippen LogP contribution < -0.4 is 0 Å². The van der Waals surface area contributed by atoms with Gasteiger partial charge in [-0.2, -0.15) is 4.31 Å². The van der Waals surface area contributed by atoms with Gasteiger partial charge in [-0.05, 0) is 41.7 Å². The monoisotopic (exact) mass is 482 g/mol. The van der Waals surface area contributed by atoms with Crippen molar-refractivity contribution in [2.24, 2.45) is 0 Å². The van der Waals surface area contributed by atoms with E-state index in [9.17, 15) is 18.3 Å². The zero-order chi connectivity index (χ0) is 24.3. The van der Waals surface area contributed by atoms with E-state index in [1.165, 1.54) is 4.31 Å². The van der Waals surface area contributed by atoms with Crippen molar-refractivity contribution in [1.82, 2.24) is 8.87 Å². The van der Waals surface area contributed by atoms with Crippen molar-refractivity contribution in [2.45, 2.75) is 38.1 Å². The van der Waals surface area contributed by atoms with Crippen molar-refractivity contribution in [3.05, 3.63) is 77.0 Å². The molecule has 0 spiro atoms. The first-order valence-electron chi connectivity index (χ1n) is 11.5. The molecule has 0 radical (unpaired) electrons. The number of hydrogen-bond donors (Lipinski definition) is 1. The molecule has 2 aromatic carbocycles. The van der Waals surface area contributed by atoms with Gasteiger partial charge in [-0.15, -0.1) is 0 Å². The maximum atomic E-state index is 13.5. The standard InChI is InChI=1S/C26H30N2O5S/c1-3-22-23(19(2)28(18-25(29)30)26(22)20-9-5-4-6-10-20)17-21-11-7-8-12-24(21)34(31,32)27-13-15-33-16-14-27/h4-12H,3,13-18H2,1-2H3,(H,29,30). The van der Waals surface area contributed by atoms with Crippen LogP contribution >= 0.6 is 0 Å². The minimum absolute atomic E-state index is 0.156.